The Morgan fingerprint density at radius 3 is 2.64 bits per heavy atom. The predicted molar refractivity (Wildman–Crippen MR) is 170 cm³/mol. The summed E-state index contributed by atoms with van der Waals surface area (Å²) in [6.45, 7) is 0.254. The van der Waals surface area contributed by atoms with Gasteiger partial charge in [0.25, 0.3) is 6.43 Å². The van der Waals surface area contributed by atoms with Gasteiger partial charge in [-0.25, -0.2) is 37.3 Å². The Balaban J connectivity index is 1.40. The minimum absolute atomic E-state index is 0.0145. The van der Waals surface area contributed by atoms with Crippen LogP contribution in [0.4, 0.5) is 34.8 Å². The molecule has 4 heterocycles. The number of carbonyl (C=O) groups is 1. The molecule has 0 amide bonds. The topological polar surface area (TPSA) is 197 Å². The van der Waals surface area contributed by atoms with Crippen molar-refractivity contribution in [1.29, 1.82) is 0 Å². The number of fused-ring (bicyclic) bond motifs is 1. The van der Waals surface area contributed by atoms with E-state index in [1.165, 1.54) is 44.2 Å². The molecule has 0 unspecified atom stereocenters. The van der Waals surface area contributed by atoms with Gasteiger partial charge in [-0.3, -0.25) is 4.98 Å². The molecule has 2 atom stereocenters. The molecule has 50 heavy (non-hydrogen) atoms. The number of hydrogen-bond acceptors (Lipinski definition) is 12. The lowest BCUT2D eigenvalue weighted by Gasteiger charge is -2.44. The highest BCUT2D eigenvalue weighted by Gasteiger charge is 2.43. The Bertz CT molecular complexity index is 2110. The molecular formula is C32H29F4N9O5. The van der Waals surface area contributed by atoms with E-state index in [0.29, 0.717) is 24.2 Å². The summed E-state index contributed by atoms with van der Waals surface area (Å²) in [5.41, 5.74) is 5.76. The number of ether oxygens (including phenoxy) is 1. The number of pyridine rings is 1. The van der Waals surface area contributed by atoms with E-state index < -0.39 is 41.4 Å². The average molecular weight is 696 g/mol. The number of methoxy groups -OCH3 is 1. The molecule has 1 saturated heterocycles. The highest BCUT2D eigenvalue weighted by molar-refractivity contribution is 5.91. The molecule has 6 rings (SSSR count). The van der Waals surface area contributed by atoms with Crippen LogP contribution in [-0.2, 0) is 6.54 Å². The molecule has 260 valence electrons. The summed E-state index contributed by atoms with van der Waals surface area (Å²) in [7, 11) is 1.21. The van der Waals surface area contributed by atoms with E-state index in [2.05, 4.69) is 30.2 Å². The zero-order valence-corrected chi connectivity index (χ0v) is 26.2. The van der Waals surface area contributed by atoms with Gasteiger partial charge in [0.1, 0.15) is 29.6 Å². The van der Waals surface area contributed by atoms with Crippen molar-refractivity contribution in [2.45, 2.75) is 37.5 Å². The van der Waals surface area contributed by atoms with Crippen LogP contribution in [0.1, 0.15) is 28.8 Å². The number of imidazole rings is 1. The smallest absolute Gasteiger partial charge is 0.339 e. The fourth-order valence-electron chi connectivity index (χ4n) is 5.84. The van der Waals surface area contributed by atoms with Crippen LogP contribution in [0.15, 0.2) is 65.5 Å². The molecule has 3 aromatic heterocycles. The Labute approximate surface area is 280 Å². The number of benzene rings is 2. The quantitative estimate of drug-likeness (QED) is 0.114. The van der Waals surface area contributed by atoms with Crippen LogP contribution in [0.3, 0.4) is 0 Å². The first-order chi connectivity index (χ1) is 23.9. The van der Waals surface area contributed by atoms with Crippen LogP contribution in [-0.4, -0.2) is 84.1 Å². The standard InChI is InChI=1S/C32H29F4N9O5/c1-50-25-10-20(33)18(9-21(25)34)22-7-16(23(11-38-22)44-6-2-5-32(37,13-44)27(47)28(35)36)12-45-15-41-26-29(39-14-40-30(26)45)43-42-17-3-4-24(46)19(8-17)31(48)49/h3-4,7-11,14-15,27-28,46-47H,2,5-6,12-13,37H2,1H3,(H,48,49)/t27-,32-/m1/s1. The highest BCUT2D eigenvalue weighted by Crippen LogP contribution is 2.35. The monoisotopic (exact) mass is 695 g/mol. The maximum Gasteiger partial charge on any atom is 0.339 e. The molecule has 18 heteroatoms. The van der Waals surface area contributed by atoms with Gasteiger partial charge < -0.3 is 35.3 Å². The number of hydrogen-bond donors (Lipinski definition) is 4. The molecule has 5 aromatic rings. The Hall–Kier alpha value is -5.75. The second-order valence-electron chi connectivity index (χ2n) is 11.7. The predicted octanol–water partition coefficient (Wildman–Crippen LogP) is 4.97. The normalized spacial score (nSPS) is 17.2. The first kappa shape index (κ1) is 34.1. The third-order valence-corrected chi connectivity index (χ3v) is 8.40. The number of aromatic nitrogens is 5. The number of phenols is 1. The summed E-state index contributed by atoms with van der Waals surface area (Å²) in [5.74, 6) is -3.66. The summed E-state index contributed by atoms with van der Waals surface area (Å²) < 4.78 is 63.5. The van der Waals surface area contributed by atoms with Crippen LogP contribution in [0.2, 0.25) is 0 Å². The van der Waals surface area contributed by atoms with Crippen molar-refractivity contribution in [2.75, 3.05) is 25.1 Å². The molecule has 14 nitrogen and oxygen atoms in total. The first-order valence-electron chi connectivity index (χ1n) is 15.0. The second-order valence-corrected chi connectivity index (χ2v) is 11.7. The molecule has 0 saturated carbocycles. The Kier molecular flexibility index (Phi) is 9.31. The number of carboxylic acid groups (broad SMARTS) is 1. The number of aliphatic hydroxyl groups excluding tert-OH is 1. The lowest BCUT2D eigenvalue weighted by atomic mass is 9.84. The third kappa shape index (κ3) is 6.61. The Morgan fingerprint density at radius 1 is 1.10 bits per heavy atom. The summed E-state index contributed by atoms with van der Waals surface area (Å²) in [4.78, 5) is 30.3. The minimum Gasteiger partial charge on any atom is -0.507 e. The van der Waals surface area contributed by atoms with Gasteiger partial charge in [-0.05, 0) is 48.7 Å². The van der Waals surface area contributed by atoms with Crippen molar-refractivity contribution in [3.8, 4) is 22.8 Å². The fraction of sp³-hybridized carbons (Fsp3) is 0.281. The number of azo groups is 1. The number of aliphatic hydroxyl groups is 1. The van der Waals surface area contributed by atoms with E-state index in [1.807, 2.05) is 0 Å². The number of aromatic hydroxyl groups is 1. The molecule has 1 fully saturated rings. The van der Waals surface area contributed by atoms with E-state index >= 15 is 4.39 Å². The molecule has 0 spiro atoms. The lowest BCUT2D eigenvalue weighted by Crippen LogP contribution is -2.63. The van der Waals surface area contributed by atoms with Gasteiger partial charge in [-0.2, -0.15) is 0 Å². The molecule has 0 bridgehead atoms. The molecule has 1 aliphatic rings. The van der Waals surface area contributed by atoms with Crippen LogP contribution < -0.4 is 15.4 Å². The van der Waals surface area contributed by atoms with Crippen molar-refractivity contribution >= 4 is 34.3 Å². The fourth-order valence-corrected chi connectivity index (χ4v) is 5.84. The van der Waals surface area contributed by atoms with Crippen molar-refractivity contribution in [1.82, 2.24) is 24.5 Å². The van der Waals surface area contributed by atoms with Crippen molar-refractivity contribution in [3.05, 3.63) is 78.0 Å². The first-order valence-corrected chi connectivity index (χ1v) is 15.0. The third-order valence-electron chi connectivity index (χ3n) is 8.40. The number of carboxylic acids is 1. The molecule has 5 N–H and O–H groups in total. The van der Waals surface area contributed by atoms with Gasteiger partial charge in [0.05, 0.1) is 48.8 Å². The lowest BCUT2D eigenvalue weighted by molar-refractivity contribution is -0.0529. The van der Waals surface area contributed by atoms with Crippen LogP contribution in [0, 0.1) is 11.6 Å². The van der Waals surface area contributed by atoms with Crippen molar-refractivity contribution in [2.24, 2.45) is 16.0 Å². The van der Waals surface area contributed by atoms with Crippen LogP contribution in [0.25, 0.3) is 22.4 Å². The highest BCUT2D eigenvalue weighted by atomic mass is 19.3. The van der Waals surface area contributed by atoms with Crippen LogP contribution >= 0.6 is 0 Å². The van der Waals surface area contributed by atoms with E-state index in [9.17, 15) is 33.3 Å². The zero-order chi connectivity index (χ0) is 35.7. The van der Waals surface area contributed by atoms with Crippen molar-refractivity contribution < 1.29 is 42.4 Å². The molecule has 1 aliphatic heterocycles. The van der Waals surface area contributed by atoms with Gasteiger partial charge >= 0.3 is 5.97 Å². The maximum atomic E-state index is 15.2. The number of alkyl halides is 2. The molecular weight excluding hydrogens is 666 g/mol. The van der Waals surface area contributed by atoms with Crippen molar-refractivity contribution in [3.63, 3.8) is 0 Å². The number of halogens is 4. The molecule has 0 radical (unpaired) electrons. The minimum atomic E-state index is -3.07. The van der Waals surface area contributed by atoms with Gasteiger partial charge in [-0.1, -0.05) is 0 Å². The van der Waals surface area contributed by atoms with E-state index in [0.717, 1.165) is 18.2 Å². The number of rotatable bonds is 10. The second kappa shape index (κ2) is 13.6. The number of piperidine rings is 1. The summed E-state index contributed by atoms with van der Waals surface area (Å²) in [6.07, 6.45) is -0.575. The van der Waals surface area contributed by atoms with E-state index in [1.54, 1.807) is 9.47 Å². The summed E-state index contributed by atoms with van der Waals surface area (Å²) in [5, 5.41) is 37.5. The molecule has 2 aromatic carbocycles. The SMILES string of the molecule is COc1cc(F)c(-c2cc(Cn3cnc4c(N=Nc5ccc(O)c(C(=O)O)c5)ncnc43)c(N3CCC[C@](N)([C@H](O)C(F)F)C3)cn2)cc1F. The number of anilines is 1. The van der Waals surface area contributed by atoms with E-state index in [-0.39, 0.29) is 64.7 Å². The number of aromatic carboxylic acids is 1. The van der Waals surface area contributed by atoms with Gasteiger partial charge in [0.15, 0.2) is 22.7 Å². The zero-order valence-electron chi connectivity index (χ0n) is 26.2. The summed E-state index contributed by atoms with van der Waals surface area (Å²) >= 11 is 0. The van der Waals surface area contributed by atoms with Crippen LogP contribution in [0.5, 0.6) is 11.5 Å². The average Bonchev–Trinajstić information content (AvgIpc) is 3.51. The van der Waals surface area contributed by atoms with Gasteiger partial charge in [0, 0.05) is 24.7 Å². The Morgan fingerprint density at radius 2 is 1.90 bits per heavy atom. The van der Waals surface area contributed by atoms with Gasteiger partial charge in [0.2, 0.25) is 5.82 Å². The van der Waals surface area contributed by atoms with E-state index in [4.69, 9.17) is 10.5 Å². The summed E-state index contributed by atoms with van der Waals surface area (Å²) in [6, 6.07) is 7.04. The number of nitrogens with two attached hydrogens (primary N) is 1. The largest absolute Gasteiger partial charge is 0.507 e. The number of nitrogens with zero attached hydrogens (tertiary/aromatic N) is 8. The maximum absolute atomic E-state index is 15.2. The molecule has 0 aliphatic carbocycles. The van der Waals surface area contributed by atoms with Gasteiger partial charge in [-0.15, -0.1) is 10.2 Å².